The van der Waals surface area contributed by atoms with Gasteiger partial charge in [-0.15, -0.1) is 0 Å². The molecule has 0 amide bonds. The second-order valence-corrected chi connectivity index (χ2v) is 4.41. The maximum Gasteiger partial charge on any atom is 0.0590 e. The minimum Gasteiger partial charge on any atom is -0.395 e. The van der Waals surface area contributed by atoms with Crippen LogP contribution in [0.25, 0.3) is 0 Å². The number of aliphatic hydroxyl groups excluding tert-OH is 1. The van der Waals surface area contributed by atoms with Crippen LogP contribution in [0.15, 0.2) is 18.2 Å². The van der Waals surface area contributed by atoms with Crippen LogP contribution in [0.3, 0.4) is 0 Å². The molecular weight excluding hydrogens is 234 g/mol. The fourth-order valence-corrected chi connectivity index (χ4v) is 2.26. The summed E-state index contributed by atoms with van der Waals surface area (Å²) in [5.74, 6) is 0. The number of rotatable bonds is 2. The highest BCUT2D eigenvalue weighted by Crippen LogP contribution is 2.23. The van der Waals surface area contributed by atoms with Crippen molar-refractivity contribution in [2.45, 2.75) is 60.0 Å². The van der Waals surface area contributed by atoms with Gasteiger partial charge in [-0.05, 0) is 36.6 Å². The summed E-state index contributed by atoms with van der Waals surface area (Å²) in [4.78, 5) is 2.24. The lowest BCUT2D eigenvalue weighted by molar-refractivity contribution is 0.131. The van der Waals surface area contributed by atoms with E-state index < -0.39 is 0 Å². The Kier molecular flexibility index (Phi) is 9.54. The highest BCUT2D eigenvalue weighted by molar-refractivity contribution is 5.34. The number of aliphatic hydroxyl groups is 1. The van der Waals surface area contributed by atoms with Crippen molar-refractivity contribution < 1.29 is 5.11 Å². The minimum atomic E-state index is 0.255. The van der Waals surface area contributed by atoms with Gasteiger partial charge in [-0.25, -0.2) is 0 Å². The largest absolute Gasteiger partial charge is 0.395 e. The maximum atomic E-state index is 9.25. The molecule has 0 aromatic heterocycles. The molecule has 1 aromatic carbocycles. The average molecular weight is 265 g/mol. The lowest BCUT2D eigenvalue weighted by atomic mass is 9.93. The predicted octanol–water partition coefficient (Wildman–Crippen LogP) is 3.65. The van der Waals surface area contributed by atoms with Gasteiger partial charge in [-0.2, -0.15) is 0 Å². The Morgan fingerprint density at radius 3 is 2.32 bits per heavy atom. The number of benzene rings is 1. The fourth-order valence-electron chi connectivity index (χ4n) is 2.26. The third kappa shape index (κ3) is 4.96. The third-order valence-corrected chi connectivity index (χ3v) is 3.39. The summed E-state index contributed by atoms with van der Waals surface area (Å²) in [5.41, 5.74) is 4.25. The van der Waals surface area contributed by atoms with E-state index >= 15 is 0 Å². The van der Waals surface area contributed by atoms with Crippen LogP contribution in [0.4, 0.5) is 0 Å². The van der Waals surface area contributed by atoms with E-state index in [9.17, 15) is 5.11 Å². The lowest BCUT2D eigenvalue weighted by Gasteiger charge is -2.33. The molecule has 1 aliphatic heterocycles. The van der Waals surface area contributed by atoms with Gasteiger partial charge >= 0.3 is 0 Å². The molecule has 1 atom stereocenters. The quantitative estimate of drug-likeness (QED) is 0.882. The van der Waals surface area contributed by atoms with Crippen molar-refractivity contribution in [1.29, 1.82) is 0 Å². The number of nitrogens with zero attached hydrogens (tertiary/aromatic N) is 1. The van der Waals surface area contributed by atoms with E-state index in [-0.39, 0.29) is 6.61 Å². The fraction of sp³-hybridized carbons (Fsp3) is 0.647. The molecule has 0 aliphatic carbocycles. The van der Waals surface area contributed by atoms with Gasteiger partial charge in [0.1, 0.15) is 0 Å². The molecule has 2 nitrogen and oxygen atoms in total. The van der Waals surface area contributed by atoms with Gasteiger partial charge in [0, 0.05) is 12.6 Å². The Bertz CT molecular complexity index is 349. The number of aryl methyl sites for hydroxylation is 1. The van der Waals surface area contributed by atoms with E-state index in [1.807, 2.05) is 27.7 Å². The second-order valence-electron chi connectivity index (χ2n) is 4.41. The maximum absolute atomic E-state index is 9.25. The average Bonchev–Trinajstić information content (AvgIpc) is 2.50. The number of likely N-dealkylation sites (N-methyl/N-ethyl adjacent to an activating group) is 1. The van der Waals surface area contributed by atoms with E-state index in [1.165, 1.54) is 16.7 Å². The summed E-state index contributed by atoms with van der Waals surface area (Å²) in [5, 5.41) is 9.25. The normalized spacial score (nSPS) is 17.5. The Hall–Kier alpha value is -0.860. The molecular formula is C17H31NO. The zero-order valence-electron chi connectivity index (χ0n) is 13.5. The molecule has 0 saturated carbocycles. The van der Waals surface area contributed by atoms with Gasteiger partial charge in [0.2, 0.25) is 0 Å². The number of hydrogen-bond donors (Lipinski definition) is 1. The van der Waals surface area contributed by atoms with Gasteiger partial charge in [0.25, 0.3) is 0 Å². The van der Waals surface area contributed by atoms with Crippen LogP contribution in [0, 0.1) is 0 Å². The van der Waals surface area contributed by atoms with E-state index in [0.717, 1.165) is 19.4 Å². The Morgan fingerprint density at radius 1 is 1.16 bits per heavy atom. The van der Waals surface area contributed by atoms with Crippen molar-refractivity contribution in [2.24, 2.45) is 0 Å². The molecule has 1 heterocycles. The molecule has 2 rings (SSSR count). The second kappa shape index (κ2) is 9.99. The first-order valence-electron chi connectivity index (χ1n) is 7.66. The zero-order valence-corrected chi connectivity index (χ0v) is 13.5. The smallest absolute Gasteiger partial charge is 0.0590 e. The van der Waals surface area contributed by atoms with E-state index in [4.69, 9.17) is 0 Å². The van der Waals surface area contributed by atoms with Crippen LogP contribution in [0.5, 0.6) is 0 Å². The minimum absolute atomic E-state index is 0.255. The molecule has 1 aromatic rings. The van der Waals surface area contributed by atoms with Crippen molar-refractivity contribution in [2.75, 3.05) is 13.7 Å². The number of fused-ring (bicyclic) bond motifs is 1. The topological polar surface area (TPSA) is 23.5 Å². The molecule has 0 saturated heterocycles. The van der Waals surface area contributed by atoms with E-state index in [1.54, 1.807) is 0 Å². The van der Waals surface area contributed by atoms with Crippen molar-refractivity contribution in [3.8, 4) is 0 Å². The Morgan fingerprint density at radius 2 is 1.79 bits per heavy atom. The lowest BCUT2D eigenvalue weighted by Crippen LogP contribution is -2.39. The molecule has 19 heavy (non-hydrogen) atoms. The first-order chi connectivity index (χ1) is 9.24. The Labute approximate surface area is 119 Å². The molecule has 1 N–H and O–H groups in total. The Balaban J connectivity index is 0.000000741. The van der Waals surface area contributed by atoms with Crippen LogP contribution < -0.4 is 0 Å². The molecule has 110 valence electrons. The van der Waals surface area contributed by atoms with Crippen LogP contribution >= 0.6 is 0 Å². The molecule has 0 fully saturated rings. The van der Waals surface area contributed by atoms with E-state index in [0.29, 0.717) is 6.04 Å². The zero-order chi connectivity index (χ0) is 14.8. The SMILES string of the molecule is CC.CC.CCc1ccc2c(c1)CN(C)C(CO)C2. The molecule has 1 aliphatic rings. The van der Waals surface area contributed by atoms with Crippen molar-refractivity contribution >= 4 is 0 Å². The van der Waals surface area contributed by atoms with Gasteiger partial charge in [-0.1, -0.05) is 52.8 Å². The van der Waals surface area contributed by atoms with Gasteiger partial charge in [0.05, 0.1) is 6.61 Å². The summed E-state index contributed by atoms with van der Waals surface area (Å²) in [6.07, 6.45) is 2.08. The first kappa shape index (κ1) is 18.1. The number of hydrogen-bond acceptors (Lipinski definition) is 2. The third-order valence-electron chi connectivity index (χ3n) is 3.39. The predicted molar refractivity (Wildman–Crippen MR) is 84.6 cm³/mol. The van der Waals surface area contributed by atoms with Crippen LogP contribution in [0.1, 0.15) is 51.3 Å². The molecule has 0 spiro atoms. The van der Waals surface area contributed by atoms with Gasteiger partial charge in [0.15, 0.2) is 0 Å². The first-order valence-corrected chi connectivity index (χ1v) is 7.66. The van der Waals surface area contributed by atoms with Gasteiger partial charge < -0.3 is 5.11 Å². The van der Waals surface area contributed by atoms with Crippen LogP contribution in [0.2, 0.25) is 0 Å². The summed E-state index contributed by atoms with van der Waals surface area (Å²) in [6.45, 7) is 11.4. The van der Waals surface area contributed by atoms with Crippen molar-refractivity contribution in [3.05, 3.63) is 34.9 Å². The highest BCUT2D eigenvalue weighted by Gasteiger charge is 2.22. The summed E-state index contributed by atoms with van der Waals surface area (Å²) < 4.78 is 0. The molecule has 0 radical (unpaired) electrons. The highest BCUT2D eigenvalue weighted by atomic mass is 16.3. The molecule has 1 unspecified atom stereocenters. The van der Waals surface area contributed by atoms with Crippen molar-refractivity contribution in [3.63, 3.8) is 0 Å². The monoisotopic (exact) mass is 265 g/mol. The molecule has 0 bridgehead atoms. The summed E-state index contributed by atoms with van der Waals surface area (Å²) >= 11 is 0. The summed E-state index contributed by atoms with van der Waals surface area (Å²) in [7, 11) is 2.09. The summed E-state index contributed by atoms with van der Waals surface area (Å²) in [6, 6.07) is 7.03. The van der Waals surface area contributed by atoms with E-state index in [2.05, 4.69) is 37.1 Å². The van der Waals surface area contributed by atoms with Crippen LogP contribution in [-0.4, -0.2) is 29.7 Å². The van der Waals surface area contributed by atoms with Crippen LogP contribution in [-0.2, 0) is 19.4 Å². The van der Waals surface area contributed by atoms with Crippen molar-refractivity contribution in [1.82, 2.24) is 4.90 Å². The van der Waals surface area contributed by atoms with Gasteiger partial charge in [-0.3, -0.25) is 4.90 Å². The molecule has 2 heteroatoms. The standard InChI is InChI=1S/C13H19NO.2C2H6/c1-3-10-4-5-11-7-13(9-15)14(2)8-12(11)6-10;2*1-2/h4-6,13,15H,3,7-9H2,1-2H3;2*1-2H3.